The Morgan fingerprint density at radius 2 is 1.75 bits per heavy atom. The zero-order valence-electron chi connectivity index (χ0n) is 11.9. The molecule has 1 aliphatic rings. The van der Waals surface area contributed by atoms with Crippen molar-refractivity contribution < 1.29 is 9.59 Å². The van der Waals surface area contributed by atoms with E-state index in [2.05, 4.69) is 10.6 Å². The Balaban J connectivity index is 1.69. The SMILES string of the molecule is Cc1ccc(CNC(=O)CC(=O)NC2CCCC2)cc1. The quantitative estimate of drug-likeness (QED) is 0.807. The highest BCUT2D eigenvalue weighted by molar-refractivity contribution is 5.96. The summed E-state index contributed by atoms with van der Waals surface area (Å²) in [5.74, 6) is -0.389. The average Bonchev–Trinajstić information content (AvgIpc) is 2.90. The molecule has 108 valence electrons. The molecule has 1 aromatic rings. The van der Waals surface area contributed by atoms with Gasteiger partial charge in [0.15, 0.2) is 0 Å². The van der Waals surface area contributed by atoms with Crippen LogP contribution in [-0.2, 0) is 16.1 Å². The molecule has 0 unspecified atom stereocenters. The minimum atomic E-state index is -0.221. The van der Waals surface area contributed by atoms with Crippen molar-refractivity contribution in [3.05, 3.63) is 35.4 Å². The van der Waals surface area contributed by atoms with Crippen LogP contribution in [0.1, 0.15) is 43.2 Å². The Morgan fingerprint density at radius 1 is 1.10 bits per heavy atom. The number of aryl methyl sites for hydroxylation is 1. The van der Waals surface area contributed by atoms with Crippen LogP contribution < -0.4 is 10.6 Å². The second-order valence-corrected chi connectivity index (χ2v) is 5.49. The molecule has 0 atom stereocenters. The summed E-state index contributed by atoms with van der Waals surface area (Å²) < 4.78 is 0. The lowest BCUT2D eigenvalue weighted by molar-refractivity contribution is -0.129. The van der Waals surface area contributed by atoms with Crippen LogP contribution in [-0.4, -0.2) is 17.9 Å². The normalized spacial score (nSPS) is 15.1. The van der Waals surface area contributed by atoms with Gasteiger partial charge in [0, 0.05) is 12.6 Å². The number of benzene rings is 1. The molecule has 0 saturated heterocycles. The Bertz CT molecular complexity index is 462. The fourth-order valence-electron chi connectivity index (χ4n) is 2.46. The molecule has 0 aromatic heterocycles. The van der Waals surface area contributed by atoms with E-state index >= 15 is 0 Å². The molecule has 0 heterocycles. The summed E-state index contributed by atoms with van der Waals surface area (Å²) in [5, 5.41) is 5.69. The zero-order chi connectivity index (χ0) is 14.4. The molecular weight excluding hydrogens is 252 g/mol. The maximum atomic E-state index is 11.7. The van der Waals surface area contributed by atoms with Crippen LogP contribution in [0, 0.1) is 6.92 Å². The molecule has 0 radical (unpaired) electrons. The van der Waals surface area contributed by atoms with E-state index in [0.29, 0.717) is 6.54 Å². The fraction of sp³-hybridized carbons (Fsp3) is 0.500. The number of hydrogen-bond acceptors (Lipinski definition) is 2. The Hall–Kier alpha value is -1.84. The number of amides is 2. The van der Waals surface area contributed by atoms with Crippen molar-refractivity contribution in [2.75, 3.05) is 0 Å². The predicted octanol–water partition coefficient (Wildman–Crippen LogP) is 2.06. The lowest BCUT2D eigenvalue weighted by Crippen LogP contribution is -2.36. The van der Waals surface area contributed by atoms with E-state index < -0.39 is 0 Å². The molecule has 2 N–H and O–H groups in total. The molecule has 4 nitrogen and oxygen atoms in total. The van der Waals surface area contributed by atoms with E-state index in [1.54, 1.807) is 0 Å². The van der Waals surface area contributed by atoms with E-state index in [1.807, 2.05) is 31.2 Å². The topological polar surface area (TPSA) is 58.2 Å². The van der Waals surface area contributed by atoms with E-state index in [4.69, 9.17) is 0 Å². The maximum absolute atomic E-state index is 11.7. The van der Waals surface area contributed by atoms with Crippen LogP contribution in [0.25, 0.3) is 0 Å². The summed E-state index contributed by atoms with van der Waals surface area (Å²) in [6.07, 6.45) is 4.34. The van der Waals surface area contributed by atoms with Crippen molar-refractivity contribution in [3.8, 4) is 0 Å². The second-order valence-electron chi connectivity index (χ2n) is 5.49. The molecule has 0 spiro atoms. The lowest BCUT2D eigenvalue weighted by Gasteiger charge is -2.11. The summed E-state index contributed by atoms with van der Waals surface area (Å²) >= 11 is 0. The van der Waals surface area contributed by atoms with Crippen LogP contribution in [0.15, 0.2) is 24.3 Å². The zero-order valence-corrected chi connectivity index (χ0v) is 11.9. The minimum absolute atomic E-state index is 0.0810. The molecule has 0 aliphatic heterocycles. The van der Waals surface area contributed by atoms with Crippen LogP contribution in [0.2, 0.25) is 0 Å². The summed E-state index contributed by atoms with van der Waals surface area (Å²) in [7, 11) is 0. The van der Waals surface area contributed by atoms with Crippen molar-refractivity contribution in [3.63, 3.8) is 0 Å². The lowest BCUT2D eigenvalue weighted by atomic mass is 10.1. The fourth-order valence-corrected chi connectivity index (χ4v) is 2.46. The van der Waals surface area contributed by atoms with E-state index in [-0.39, 0.29) is 24.3 Å². The van der Waals surface area contributed by atoms with Crippen LogP contribution >= 0.6 is 0 Å². The van der Waals surface area contributed by atoms with Crippen molar-refractivity contribution in [2.45, 2.75) is 51.6 Å². The van der Waals surface area contributed by atoms with Crippen LogP contribution in [0.4, 0.5) is 0 Å². The number of carbonyl (C=O) groups is 2. The Morgan fingerprint density at radius 3 is 2.40 bits per heavy atom. The largest absolute Gasteiger partial charge is 0.353 e. The first kappa shape index (κ1) is 14.6. The average molecular weight is 274 g/mol. The van der Waals surface area contributed by atoms with Gasteiger partial charge >= 0.3 is 0 Å². The molecule has 1 aliphatic carbocycles. The highest BCUT2D eigenvalue weighted by Gasteiger charge is 2.18. The molecule has 1 aromatic carbocycles. The van der Waals surface area contributed by atoms with Crippen molar-refractivity contribution in [1.29, 1.82) is 0 Å². The monoisotopic (exact) mass is 274 g/mol. The third kappa shape index (κ3) is 4.68. The van der Waals surface area contributed by atoms with Gasteiger partial charge in [-0.3, -0.25) is 9.59 Å². The minimum Gasteiger partial charge on any atom is -0.353 e. The number of rotatable bonds is 5. The van der Waals surface area contributed by atoms with Gasteiger partial charge in [-0.25, -0.2) is 0 Å². The first-order valence-electron chi connectivity index (χ1n) is 7.25. The van der Waals surface area contributed by atoms with Gasteiger partial charge in [-0.2, -0.15) is 0 Å². The van der Waals surface area contributed by atoms with Crippen molar-refractivity contribution in [1.82, 2.24) is 10.6 Å². The summed E-state index contributed by atoms with van der Waals surface area (Å²) in [4.78, 5) is 23.4. The third-order valence-corrected chi connectivity index (χ3v) is 3.65. The maximum Gasteiger partial charge on any atom is 0.229 e. The number of hydrogen-bond donors (Lipinski definition) is 2. The molecule has 2 amide bonds. The number of nitrogens with one attached hydrogen (secondary N) is 2. The highest BCUT2D eigenvalue weighted by atomic mass is 16.2. The smallest absolute Gasteiger partial charge is 0.229 e. The van der Waals surface area contributed by atoms with Crippen molar-refractivity contribution in [2.24, 2.45) is 0 Å². The molecule has 0 bridgehead atoms. The second kappa shape index (κ2) is 7.08. The van der Waals surface area contributed by atoms with Gasteiger partial charge in [-0.1, -0.05) is 42.7 Å². The molecule has 4 heteroatoms. The molecule has 20 heavy (non-hydrogen) atoms. The van der Waals surface area contributed by atoms with E-state index in [1.165, 1.54) is 18.4 Å². The highest BCUT2D eigenvalue weighted by Crippen LogP contribution is 2.17. The van der Waals surface area contributed by atoms with E-state index in [9.17, 15) is 9.59 Å². The molecular formula is C16H22N2O2. The van der Waals surface area contributed by atoms with Gasteiger partial charge in [0.2, 0.25) is 11.8 Å². The van der Waals surface area contributed by atoms with Gasteiger partial charge in [0.1, 0.15) is 6.42 Å². The van der Waals surface area contributed by atoms with Gasteiger partial charge in [-0.05, 0) is 25.3 Å². The van der Waals surface area contributed by atoms with Gasteiger partial charge in [-0.15, -0.1) is 0 Å². The molecule has 1 saturated carbocycles. The van der Waals surface area contributed by atoms with Crippen LogP contribution in [0.5, 0.6) is 0 Å². The number of carbonyl (C=O) groups excluding carboxylic acids is 2. The van der Waals surface area contributed by atoms with E-state index in [0.717, 1.165) is 18.4 Å². The summed E-state index contributed by atoms with van der Waals surface area (Å²) in [6.45, 7) is 2.49. The first-order chi connectivity index (χ1) is 9.63. The molecule has 2 rings (SSSR count). The predicted molar refractivity (Wildman–Crippen MR) is 78.0 cm³/mol. The van der Waals surface area contributed by atoms with Gasteiger partial charge in [0.05, 0.1) is 0 Å². The first-order valence-corrected chi connectivity index (χ1v) is 7.25. The van der Waals surface area contributed by atoms with Crippen molar-refractivity contribution >= 4 is 11.8 Å². The Kier molecular flexibility index (Phi) is 5.16. The van der Waals surface area contributed by atoms with Gasteiger partial charge in [0.25, 0.3) is 0 Å². The summed E-state index contributed by atoms with van der Waals surface area (Å²) in [6, 6.07) is 8.25. The standard InChI is InChI=1S/C16H22N2O2/c1-12-6-8-13(9-7-12)11-17-15(19)10-16(20)18-14-4-2-3-5-14/h6-9,14H,2-5,10-11H2,1H3,(H,17,19)(H,18,20). The summed E-state index contributed by atoms with van der Waals surface area (Å²) in [5.41, 5.74) is 2.23. The van der Waals surface area contributed by atoms with Gasteiger partial charge < -0.3 is 10.6 Å². The molecule has 1 fully saturated rings. The van der Waals surface area contributed by atoms with Crippen LogP contribution in [0.3, 0.4) is 0 Å². The third-order valence-electron chi connectivity index (χ3n) is 3.65. The Labute approximate surface area is 119 Å².